The molecule has 1 atom stereocenters. The molecule has 6 nitrogen and oxygen atoms in total. The van der Waals surface area contributed by atoms with Crippen LogP contribution >= 0.6 is 0 Å². The Morgan fingerprint density at radius 2 is 1.93 bits per heavy atom. The lowest BCUT2D eigenvalue weighted by Crippen LogP contribution is -2.45. The number of carbonyl (C=O) groups is 1. The number of nitrogens with zero attached hydrogens (tertiary/aromatic N) is 3. The van der Waals surface area contributed by atoms with Gasteiger partial charge < -0.3 is 16.0 Å². The minimum Gasteiger partial charge on any atom is -0.400 e. The van der Waals surface area contributed by atoms with Gasteiger partial charge in [0, 0.05) is 31.2 Å². The van der Waals surface area contributed by atoms with E-state index in [1.165, 1.54) is 24.6 Å². The maximum Gasteiger partial charge on any atom is 0.215 e. The van der Waals surface area contributed by atoms with E-state index >= 15 is 0 Å². The van der Waals surface area contributed by atoms with Crippen molar-refractivity contribution in [3.05, 3.63) is 54.0 Å². The Bertz CT molecular complexity index is 696. The molecule has 0 aliphatic carbocycles. The molecular weight excluding hydrogens is 362 g/mol. The third-order valence-corrected chi connectivity index (χ3v) is 4.84. The van der Waals surface area contributed by atoms with Gasteiger partial charge in [-0.25, -0.2) is 4.99 Å². The molecule has 1 aliphatic heterocycles. The van der Waals surface area contributed by atoms with Crippen LogP contribution in [0.3, 0.4) is 0 Å². The molecule has 1 aliphatic rings. The smallest absolute Gasteiger partial charge is 0.215 e. The van der Waals surface area contributed by atoms with Crippen LogP contribution in [-0.2, 0) is 4.79 Å². The van der Waals surface area contributed by atoms with Gasteiger partial charge in [0.25, 0.3) is 0 Å². The van der Waals surface area contributed by atoms with Gasteiger partial charge in [0.05, 0.1) is 6.04 Å². The zero-order valence-corrected chi connectivity index (χ0v) is 18.6. The van der Waals surface area contributed by atoms with Crippen molar-refractivity contribution in [1.29, 1.82) is 0 Å². The van der Waals surface area contributed by atoms with Crippen LogP contribution in [0.15, 0.2) is 53.4 Å². The molecule has 2 rings (SSSR count). The highest BCUT2D eigenvalue weighted by Crippen LogP contribution is 2.23. The first-order chi connectivity index (χ1) is 13.9. The minimum atomic E-state index is 0.0527. The number of hydrogen-bond donors (Lipinski definition) is 2. The van der Waals surface area contributed by atoms with Crippen LogP contribution in [0.2, 0.25) is 0 Å². The number of likely N-dealkylation sites (N-methyl/N-ethyl adjacent to an activating group) is 1. The summed E-state index contributed by atoms with van der Waals surface area (Å²) in [5.74, 6) is 0.516. The van der Waals surface area contributed by atoms with E-state index in [4.69, 9.17) is 5.73 Å². The number of amides is 1. The van der Waals surface area contributed by atoms with Crippen LogP contribution in [0, 0.1) is 6.92 Å². The lowest BCUT2D eigenvalue weighted by atomic mass is 10.1. The fraction of sp³-hybridized carbons (Fsp3) is 0.478. The van der Waals surface area contributed by atoms with Crippen molar-refractivity contribution in [1.82, 2.24) is 10.2 Å². The molecule has 6 heteroatoms. The second kappa shape index (κ2) is 12.8. The highest BCUT2D eigenvalue weighted by atomic mass is 16.1. The summed E-state index contributed by atoms with van der Waals surface area (Å²) in [4.78, 5) is 19.8. The van der Waals surface area contributed by atoms with E-state index in [-0.39, 0.29) is 6.04 Å². The lowest BCUT2D eigenvalue weighted by molar-refractivity contribution is -0.116. The quantitative estimate of drug-likeness (QED) is 0.416. The molecule has 1 aromatic carbocycles. The first kappa shape index (κ1) is 24.4. The molecule has 1 heterocycles. The molecule has 160 valence electrons. The van der Waals surface area contributed by atoms with E-state index in [1.807, 2.05) is 50.1 Å². The zero-order chi connectivity index (χ0) is 21.8. The Labute approximate surface area is 176 Å². The Morgan fingerprint density at radius 1 is 1.31 bits per heavy atom. The van der Waals surface area contributed by atoms with Gasteiger partial charge in [0.15, 0.2) is 5.84 Å². The molecule has 1 fully saturated rings. The van der Waals surface area contributed by atoms with Crippen molar-refractivity contribution < 1.29 is 4.79 Å². The number of rotatable bonds is 7. The molecule has 1 unspecified atom stereocenters. The largest absolute Gasteiger partial charge is 0.400 e. The van der Waals surface area contributed by atoms with Gasteiger partial charge in [0.2, 0.25) is 6.41 Å². The first-order valence-electron chi connectivity index (χ1n) is 10.3. The fourth-order valence-electron chi connectivity index (χ4n) is 3.01. The number of unbranched alkanes of at least 4 members (excludes halogenated alkanes) is 1. The SMILES string of the molecule is C=CN=C(/C(=C(\C)N)N(C)c1ccc(C)cc1)N(C=O)C1CCNC1.CCCC. The molecule has 1 saturated heterocycles. The van der Waals surface area contributed by atoms with Gasteiger partial charge in [-0.05, 0) is 38.9 Å². The summed E-state index contributed by atoms with van der Waals surface area (Å²) in [5.41, 5.74) is 9.62. The molecule has 1 amide bonds. The molecule has 3 N–H and O–H groups in total. The predicted octanol–water partition coefficient (Wildman–Crippen LogP) is 3.79. The number of amidine groups is 1. The van der Waals surface area contributed by atoms with E-state index in [0.29, 0.717) is 17.2 Å². The monoisotopic (exact) mass is 399 g/mol. The predicted molar refractivity (Wildman–Crippen MR) is 124 cm³/mol. The average molecular weight is 400 g/mol. The number of nitrogens with one attached hydrogen (secondary N) is 1. The number of hydrogen-bond acceptors (Lipinski definition) is 5. The summed E-state index contributed by atoms with van der Waals surface area (Å²) in [7, 11) is 1.92. The van der Waals surface area contributed by atoms with Crippen LogP contribution in [0.5, 0.6) is 0 Å². The van der Waals surface area contributed by atoms with Gasteiger partial charge in [-0.1, -0.05) is 51.0 Å². The third-order valence-electron chi connectivity index (χ3n) is 4.84. The summed E-state index contributed by atoms with van der Waals surface area (Å²) in [6.07, 6.45) is 5.78. The maximum atomic E-state index is 11.8. The highest BCUT2D eigenvalue weighted by Gasteiger charge is 2.29. The van der Waals surface area contributed by atoms with Gasteiger partial charge in [0.1, 0.15) is 5.70 Å². The molecule has 0 spiro atoms. The number of allylic oxidation sites excluding steroid dienone is 1. The van der Waals surface area contributed by atoms with Crippen molar-refractivity contribution in [2.24, 2.45) is 10.7 Å². The Kier molecular flexibility index (Phi) is 10.8. The molecule has 0 bridgehead atoms. The standard InChI is InChI=1S/C19H27N5O.C4H10/c1-5-22-19(24(13-25)17-10-11-21-12-17)18(15(3)20)23(4)16-8-6-14(2)7-9-16;1-3-4-2/h5-9,13,17,21H,1,10-12,20H2,2-4H3;3-4H2,1-2H3/b18-15-,22-19?;. The third kappa shape index (κ3) is 7.06. The lowest BCUT2D eigenvalue weighted by Gasteiger charge is -2.32. The zero-order valence-electron chi connectivity index (χ0n) is 18.6. The minimum absolute atomic E-state index is 0.0527. The Morgan fingerprint density at radius 3 is 2.34 bits per heavy atom. The Hall–Kier alpha value is -2.60. The van der Waals surface area contributed by atoms with Crippen molar-refractivity contribution in [3.8, 4) is 0 Å². The summed E-state index contributed by atoms with van der Waals surface area (Å²) < 4.78 is 0. The van der Waals surface area contributed by atoms with Gasteiger partial charge >= 0.3 is 0 Å². The Balaban J connectivity index is 0.000000960. The summed E-state index contributed by atoms with van der Waals surface area (Å²) >= 11 is 0. The second-order valence-electron chi connectivity index (χ2n) is 7.22. The van der Waals surface area contributed by atoms with E-state index < -0.39 is 0 Å². The highest BCUT2D eigenvalue weighted by molar-refractivity contribution is 6.06. The van der Waals surface area contributed by atoms with Crippen molar-refractivity contribution in [2.75, 3.05) is 25.0 Å². The summed E-state index contributed by atoms with van der Waals surface area (Å²) in [5, 5.41) is 3.28. The van der Waals surface area contributed by atoms with Crippen molar-refractivity contribution >= 4 is 17.9 Å². The van der Waals surface area contributed by atoms with E-state index in [9.17, 15) is 4.79 Å². The summed E-state index contributed by atoms with van der Waals surface area (Å²) in [6.45, 7) is 13.5. The van der Waals surface area contributed by atoms with Gasteiger partial charge in [-0.15, -0.1) is 0 Å². The van der Waals surface area contributed by atoms with Crippen LogP contribution in [-0.4, -0.2) is 43.3 Å². The normalized spacial score (nSPS) is 17.0. The number of anilines is 1. The maximum absolute atomic E-state index is 11.8. The number of benzene rings is 1. The van der Waals surface area contributed by atoms with Crippen molar-refractivity contribution in [3.63, 3.8) is 0 Å². The number of aliphatic imine (C=N–C) groups is 1. The second-order valence-corrected chi connectivity index (χ2v) is 7.22. The summed E-state index contributed by atoms with van der Waals surface area (Å²) in [6, 6.07) is 8.17. The van der Waals surface area contributed by atoms with Crippen LogP contribution in [0.1, 0.15) is 45.6 Å². The van der Waals surface area contributed by atoms with Crippen molar-refractivity contribution in [2.45, 2.75) is 53.0 Å². The number of aryl methyl sites for hydroxylation is 1. The molecule has 0 aromatic heterocycles. The van der Waals surface area contributed by atoms with E-state index in [1.54, 1.807) is 4.90 Å². The molecule has 0 radical (unpaired) electrons. The van der Waals surface area contributed by atoms with Crippen LogP contribution in [0.25, 0.3) is 0 Å². The topological polar surface area (TPSA) is 74.0 Å². The molecular formula is C23H37N5O. The molecule has 29 heavy (non-hydrogen) atoms. The van der Waals surface area contributed by atoms with Gasteiger partial charge in [-0.2, -0.15) is 0 Å². The number of nitrogens with two attached hydrogens (primary N) is 1. The average Bonchev–Trinajstić information content (AvgIpc) is 3.23. The first-order valence-corrected chi connectivity index (χ1v) is 10.3. The number of carbonyl (C=O) groups excluding carboxylic acids is 1. The molecule has 0 saturated carbocycles. The van der Waals surface area contributed by atoms with E-state index in [0.717, 1.165) is 31.6 Å². The van der Waals surface area contributed by atoms with Crippen LogP contribution in [0.4, 0.5) is 5.69 Å². The van der Waals surface area contributed by atoms with Crippen LogP contribution < -0.4 is 16.0 Å². The van der Waals surface area contributed by atoms with Gasteiger partial charge in [-0.3, -0.25) is 9.69 Å². The fourth-order valence-corrected chi connectivity index (χ4v) is 3.01. The molecule has 1 aromatic rings. The van der Waals surface area contributed by atoms with E-state index in [2.05, 4.69) is 30.7 Å².